The second-order valence-electron chi connectivity index (χ2n) is 6.19. The lowest BCUT2D eigenvalue weighted by Gasteiger charge is -2.24. The molecule has 2 rings (SSSR count). The van der Waals surface area contributed by atoms with Crippen LogP contribution in [-0.2, 0) is 14.8 Å². The zero-order valence-electron chi connectivity index (χ0n) is 14.9. The number of carbonyl (C=O) groups excluding carboxylic acids is 1. The van der Waals surface area contributed by atoms with E-state index in [9.17, 15) is 30.8 Å². The molecule has 0 radical (unpaired) electrons. The van der Waals surface area contributed by atoms with Gasteiger partial charge in [0.25, 0.3) is 0 Å². The maximum Gasteiger partial charge on any atom is 0.412 e. The quantitative estimate of drug-likeness (QED) is 0.708. The molecule has 0 saturated heterocycles. The summed E-state index contributed by atoms with van der Waals surface area (Å²) in [5.41, 5.74) is 0.438. The maximum absolute atomic E-state index is 13.3. The molecule has 5 nitrogen and oxygen atoms in total. The highest BCUT2D eigenvalue weighted by Crippen LogP contribution is 2.32. The monoisotopic (exact) mass is 418 g/mol. The normalized spacial score (nSPS) is 14.4. The van der Waals surface area contributed by atoms with Gasteiger partial charge in [-0.1, -0.05) is 29.8 Å². The Morgan fingerprint density at radius 3 is 2.04 bits per heavy atom. The van der Waals surface area contributed by atoms with Crippen LogP contribution in [0, 0.1) is 12.7 Å². The summed E-state index contributed by atoms with van der Waals surface area (Å²) in [6.07, 6.45) is -4.86. The number of carbonyl (C=O) groups is 1. The van der Waals surface area contributed by atoms with Crippen LogP contribution in [0.2, 0.25) is 0 Å². The van der Waals surface area contributed by atoms with E-state index in [1.54, 1.807) is 24.4 Å². The van der Waals surface area contributed by atoms with E-state index in [1.807, 2.05) is 4.72 Å². The summed E-state index contributed by atoms with van der Waals surface area (Å²) in [6, 6.07) is 5.32. The largest absolute Gasteiger partial charge is 0.412 e. The number of hydrogen-bond donors (Lipinski definition) is 2. The summed E-state index contributed by atoms with van der Waals surface area (Å²) in [6.45, 7) is 2.88. The number of amides is 1. The third kappa shape index (κ3) is 5.52. The number of alkyl halides is 3. The lowest BCUT2D eigenvalue weighted by Crippen LogP contribution is -2.48. The fourth-order valence-electron chi connectivity index (χ4n) is 2.35. The number of rotatable bonds is 6. The first kappa shape index (κ1) is 21.8. The molecule has 1 unspecified atom stereocenters. The van der Waals surface area contributed by atoms with E-state index in [0.717, 1.165) is 36.8 Å². The Morgan fingerprint density at radius 1 is 1.00 bits per heavy atom. The maximum atomic E-state index is 13.3. The molecule has 0 fully saturated rings. The van der Waals surface area contributed by atoms with Gasteiger partial charge in [-0.15, -0.1) is 0 Å². The average molecular weight is 418 g/mol. The molecule has 2 atom stereocenters. The molecule has 152 valence electrons. The molecule has 28 heavy (non-hydrogen) atoms. The Bertz CT molecular complexity index is 927. The van der Waals surface area contributed by atoms with Crippen molar-refractivity contribution in [1.29, 1.82) is 0 Å². The van der Waals surface area contributed by atoms with Crippen LogP contribution in [0.3, 0.4) is 0 Å². The second kappa shape index (κ2) is 8.27. The van der Waals surface area contributed by atoms with Gasteiger partial charge in [-0.3, -0.25) is 4.79 Å². The summed E-state index contributed by atoms with van der Waals surface area (Å²) in [5, 5.41) is 1.76. The van der Waals surface area contributed by atoms with Crippen LogP contribution in [0.15, 0.2) is 53.4 Å². The predicted molar refractivity (Wildman–Crippen MR) is 94.3 cm³/mol. The van der Waals surface area contributed by atoms with Crippen LogP contribution in [0.25, 0.3) is 0 Å². The summed E-state index contributed by atoms with van der Waals surface area (Å²) in [7, 11) is -4.10. The molecule has 0 aliphatic carbocycles. The Balaban J connectivity index is 2.16. The smallest absolute Gasteiger partial charge is 0.339 e. The van der Waals surface area contributed by atoms with Gasteiger partial charge < -0.3 is 5.32 Å². The first-order chi connectivity index (χ1) is 12.9. The molecule has 0 heterocycles. The fraction of sp³-hybridized carbons (Fsp3) is 0.278. The third-order valence-electron chi connectivity index (χ3n) is 3.87. The van der Waals surface area contributed by atoms with E-state index in [1.165, 1.54) is 12.1 Å². The van der Waals surface area contributed by atoms with Crippen molar-refractivity contribution >= 4 is 15.9 Å². The number of aryl methyl sites for hydroxylation is 1. The summed E-state index contributed by atoms with van der Waals surface area (Å²) < 4.78 is 79.6. The second-order valence-corrected chi connectivity index (χ2v) is 7.90. The van der Waals surface area contributed by atoms with Crippen LogP contribution < -0.4 is 10.0 Å². The van der Waals surface area contributed by atoms with E-state index < -0.39 is 40.0 Å². The molecule has 2 aromatic rings. The molecule has 0 aliphatic rings. The third-order valence-corrected chi connectivity index (χ3v) is 5.43. The van der Waals surface area contributed by atoms with Gasteiger partial charge in [0.2, 0.25) is 15.9 Å². The minimum Gasteiger partial charge on any atom is -0.339 e. The van der Waals surface area contributed by atoms with Crippen LogP contribution in [0.4, 0.5) is 17.6 Å². The number of nitrogens with one attached hydrogen (secondary N) is 2. The molecule has 0 aliphatic heterocycles. The Morgan fingerprint density at radius 2 is 1.54 bits per heavy atom. The number of benzene rings is 2. The highest BCUT2D eigenvalue weighted by atomic mass is 32.2. The van der Waals surface area contributed by atoms with Crippen molar-refractivity contribution in [2.24, 2.45) is 0 Å². The van der Waals surface area contributed by atoms with E-state index >= 15 is 0 Å². The van der Waals surface area contributed by atoms with E-state index in [2.05, 4.69) is 0 Å². The summed E-state index contributed by atoms with van der Waals surface area (Å²) in [5.74, 6) is -1.91. The molecule has 0 saturated carbocycles. The zero-order valence-corrected chi connectivity index (χ0v) is 15.7. The van der Waals surface area contributed by atoms with Crippen LogP contribution in [0.1, 0.15) is 24.1 Å². The van der Waals surface area contributed by atoms with Crippen LogP contribution in [-0.4, -0.2) is 26.5 Å². The molecular formula is C18H18F4N2O3S. The minimum absolute atomic E-state index is 0.122. The molecule has 0 aromatic heterocycles. The fourth-order valence-corrected chi connectivity index (χ4v) is 3.55. The summed E-state index contributed by atoms with van der Waals surface area (Å²) in [4.78, 5) is 12.1. The molecule has 2 N–H and O–H groups in total. The van der Waals surface area contributed by atoms with Crippen molar-refractivity contribution in [2.45, 2.75) is 37.0 Å². The SMILES string of the molecule is Cc1ccc(S(=O)(=O)N[C@@H](C)C(=O)NC(c2ccc(F)cc2)C(F)(F)F)cc1. The first-order valence-corrected chi connectivity index (χ1v) is 9.60. The molecule has 1 amide bonds. The van der Waals surface area contributed by atoms with Crippen molar-refractivity contribution in [3.8, 4) is 0 Å². The van der Waals surface area contributed by atoms with Crippen molar-refractivity contribution in [3.63, 3.8) is 0 Å². The number of hydrogen-bond acceptors (Lipinski definition) is 3. The molecule has 0 spiro atoms. The van der Waals surface area contributed by atoms with E-state index in [4.69, 9.17) is 0 Å². The van der Waals surface area contributed by atoms with Crippen molar-refractivity contribution < 1.29 is 30.8 Å². The minimum atomic E-state index is -4.86. The number of halogens is 4. The van der Waals surface area contributed by atoms with Gasteiger partial charge in [0.15, 0.2) is 6.04 Å². The van der Waals surface area contributed by atoms with Gasteiger partial charge in [0, 0.05) is 0 Å². The Hall–Kier alpha value is -2.46. The van der Waals surface area contributed by atoms with Gasteiger partial charge in [-0.2, -0.15) is 17.9 Å². The lowest BCUT2D eigenvalue weighted by molar-refractivity contribution is -0.163. The van der Waals surface area contributed by atoms with E-state index in [0.29, 0.717) is 0 Å². The Kier molecular flexibility index (Phi) is 6.45. The van der Waals surface area contributed by atoms with Crippen molar-refractivity contribution in [3.05, 3.63) is 65.5 Å². The van der Waals surface area contributed by atoms with Crippen LogP contribution in [0.5, 0.6) is 0 Å². The zero-order chi connectivity index (χ0) is 21.1. The number of sulfonamides is 1. The molecular weight excluding hydrogens is 400 g/mol. The van der Waals surface area contributed by atoms with Gasteiger partial charge in [-0.05, 0) is 43.7 Å². The predicted octanol–water partition coefficient (Wildman–Crippen LogP) is 3.22. The standard InChI is InChI=1S/C18H18F4N2O3S/c1-11-3-9-15(10-4-11)28(26,27)24-12(2)17(25)23-16(18(20,21)22)13-5-7-14(19)8-6-13/h3-10,12,16,24H,1-2H3,(H,23,25)/t12-,16?/m0/s1. The lowest BCUT2D eigenvalue weighted by atomic mass is 10.1. The van der Waals surface area contributed by atoms with Gasteiger partial charge in [-0.25, -0.2) is 12.8 Å². The van der Waals surface area contributed by atoms with Gasteiger partial charge >= 0.3 is 6.18 Å². The van der Waals surface area contributed by atoms with E-state index in [-0.39, 0.29) is 10.5 Å². The highest BCUT2D eigenvalue weighted by Gasteiger charge is 2.42. The van der Waals surface area contributed by atoms with Crippen LogP contribution >= 0.6 is 0 Å². The molecule has 10 heteroatoms. The first-order valence-electron chi connectivity index (χ1n) is 8.12. The van der Waals surface area contributed by atoms with Crippen molar-refractivity contribution in [2.75, 3.05) is 0 Å². The summed E-state index contributed by atoms with van der Waals surface area (Å²) >= 11 is 0. The molecule has 0 bridgehead atoms. The van der Waals surface area contributed by atoms with Gasteiger partial charge in [0.05, 0.1) is 10.9 Å². The average Bonchev–Trinajstić information content (AvgIpc) is 2.59. The highest BCUT2D eigenvalue weighted by molar-refractivity contribution is 7.89. The Labute approximate surface area is 159 Å². The van der Waals surface area contributed by atoms with Crippen molar-refractivity contribution in [1.82, 2.24) is 10.0 Å². The van der Waals surface area contributed by atoms with Gasteiger partial charge in [0.1, 0.15) is 5.82 Å². The molecule has 2 aromatic carbocycles. The topological polar surface area (TPSA) is 75.3 Å².